The zero-order valence-electron chi connectivity index (χ0n) is 17.0. The first kappa shape index (κ1) is 19.3. The van der Waals surface area contributed by atoms with Crippen molar-refractivity contribution in [3.8, 4) is 0 Å². The first-order valence-corrected chi connectivity index (χ1v) is 11.2. The fourth-order valence-corrected chi connectivity index (χ4v) is 5.53. The predicted octanol–water partition coefficient (Wildman–Crippen LogP) is 2.25. The van der Waals surface area contributed by atoms with Crippen molar-refractivity contribution in [3.63, 3.8) is 0 Å². The summed E-state index contributed by atoms with van der Waals surface area (Å²) in [6.45, 7) is 3.82. The number of hydrogen-bond donors (Lipinski definition) is 1. The summed E-state index contributed by atoms with van der Waals surface area (Å²) in [7, 11) is 2.06. The van der Waals surface area contributed by atoms with Crippen LogP contribution in [0.1, 0.15) is 29.2 Å². The van der Waals surface area contributed by atoms with E-state index in [2.05, 4.69) is 49.7 Å². The van der Waals surface area contributed by atoms with E-state index < -0.39 is 0 Å². The largest absolute Gasteiger partial charge is 0.355 e. The lowest BCUT2D eigenvalue weighted by molar-refractivity contribution is 0.276. The van der Waals surface area contributed by atoms with E-state index in [1.54, 1.807) is 17.4 Å². The Morgan fingerprint density at radius 3 is 2.90 bits per heavy atom. The molecule has 0 radical (unpaired) electrons. The van der Waals surface area contributed by atoms with Gasteiger partial charge in [-0.05, 0) is 47.8 Å². The standard InChI is InChI=1S/C22H25N5O2S/c1-25(8-15-4-5-30-13-15)11-17-2-3-19-18-6-16(10-27(19)22(17)29)9-26(12-18)20-7-21(28)24-14-23-20/h2-5,7,13-14,16,18H,6,8-12H2,1H3,(H,23,24,28)/t16-,18+/m0/s1. The summed E-state index contributed by atoms with van der Waals surface area (Å²) in [6, 6.07) is 7.82. The topological polar surface area (TPSA) is 74.2 Å². The van der Waals surface area contributed by atoms with Crippen LogP contribution in [0, 0.1) is 5.92 Å². The second kappa shape index (κ2) is 7.85. The molecular weight excluding hydrogens is 398 g/mol. The third kappa shape index (κ3) is 3.73. The fourth-order valence-electron chi connectivity index (χ4n) is 4.87. The molecule has 1 saturated heterocycles. The molecule has 0 aromatic carbocycles. The number of fused-ring (bicyclic) bond motifs is 4. The highest BCUT2D eigenvalue weighted by atomic mass is 32.1. The van der Waals surface area contributed by atoms with Crippen molar-refractivity contribution in [1.29, 1.82) is 0 Å². The molecular formula is C22H25N5O2S. The molecule has 1 fully saturated rings. The molecule has 1 N–H and O–H groups in total. The van der Waals surface area contributed by atoms with Crippen LogP contribution in [0.15, 0.2) is 50.9 Å². The van der Waals surface area contributed by atoms with Crippen molar-refractivity contribution in [2.75, 3.05) is 25.0 Å². The number of rotatable bonds is 5. The highest BCUT2D eigenvalue weighted by Gasteiger charge is 2.35. The SMILES string of the molecule is CN(Cc1ccsc1)Cc1ccc2n(c1=O)C[C@H]1C[C@@H]2CN(c2cc(=O)[nH]cn2)C1. The molecule has 0 amide bonds. The van der Waals surface area contributed by atoms with Gasteiger partial charge >= 0.3 is 0 Å². The van der Waals surface area contributed by atoms with Crippen molar-refractivity contribution in [3.05, 3.63) is 78.9 Å². The number of aromatic nitrogens is 3. The van der Waals surface area contributed by atoms with E-state index in [4.69, 9.17) is 0 Å². The first-order valence-electron chi connectivity index (χ1n) is 10.3. The van der Waals surface area contributed by atoms with Crippen LogP contribution in [0.2, 0.25) is 0 Å². The van der Waals surface area contributed by atoms with Gasteiger partial charge in [0, 0.05) is 56.0 Å². The minimum Gasteiger partial charge on any atom is -0.355 e. The molecule has 2 aliphatic heterocycles. The Morgan fingerprint density at radius 2 is 2.10 bits per heavy atom. The molecule has 30 heavy (non-hydrogen) atoms. The second-order valence-corrected chi connectivity index (χ2v) is 9.26. The number of anilines is 1. The van der Waals surface area contributed by atoms with Crippen LogP contribution >= 0.6 is 11.3 Å². The molecule has 0 unspecified atom stereocenters. The Hall–Kier alpha value is -2.71. The van der Waals surface area contributed by atoms with Gasteiger partial charge in [-0.1, -0.05) is 6.07 Å². The Balaban J connectivity index is 1.37. The van der Waals surface area contributed by atoms with E-state index in [1.807, 2.05) is 10.6 Å². The van der Waals surface area contributed by atoms with E-state index in [1.165, 1.54) is 11.9 Å². The van der Waals surface area contributed by atoms with Crippen LogP contribution in [-0.2, 0) is 19.6 Å². The van der Waals surface area contributed by atoms with Gasteiger partial charge in [0.2, 0.25) is 0 Å². The number of nitrogens with one attached hydrogen (secondary N) is 1. The molecule has 2 aliphatic rings. The third-order valence-electron chi connectivity index (χ3n) is 6.14. The number of hydrogen-bond acceptors (Lipinski definition) is 6. The lowest BCUT2D eigenvalue weighted by atomic mass is 9.83. The minimum atomic E-state index is -0.136. The maximum absolute atomic E-state index is 13.2. The highest BCUT2D eigenvalue weighted by molar-refractivity contribution is 7.07. The fraction of sp³-hybridized carbons (Fsp3) is 0.409. The van der Waals surface area contributed by atoms with Crippen LogP contribution in [0.4, 0.5) is 5.82 Å². The summed E-state index contributed by atoms with van der Waals surface area (Å²) in [6.07, 6.45) is 2.54. The summed E-state index contributed by atoms with van der Waals surface area (Å²) in [5.41, 5.74) is 3.24. The third-order valence-corrected chi connectivity index (χ3v) is 6.88. The summed E-state index contributed by atoms with van der Waals surface area (Å²) >= 11 is 1.70. The van der Waals surface area contributed by atoms with Crippen LogP contribution in [0.3, 0.4) is 0 Å². The lowest BCUT2D eigenvalue weighted by Gasteiger charge is -2.43. The molecule has 2 atom stereocenters. The van der Waals surface area contributed by atoms with Crippen molar-refractivity contribution in [1.82, 2.24) is 19.4 Å². The van der Waals surface area contributed by atoms with E-state index in [0.717, 1.165) is 49.7 Å². The Kier molecular flexibility index (Phi) is 5.04. The quantitative estimate of drug-likeness (QED) is 0.681. The predicted molar refractivity (Wildman–Crippen MR) is 118 cm³/mol. The zero-order chi connectivity index (χ0) is 20.7. The normalized spacial score (nSPS) is 20.4. The Labute approximate surface area is 178 Å². The van der Waals surface area contributed by atoms with Crippen LogP contribution in [0.5, 0.6) is 0 Å². The summed E-state index contributed by atoms with van der Waals surface area (Å²) in [5, 5.41) is 4.23. The van der Waals surface area contributed by atoms with Crippen molar-refractivity contribution >= 4 is 17.2 Å². The Morgan fingerprint density at radius 1 is 1.20 bits per heavy atom. The molecule has 5 rings (SSSR count). The molecule has 0 saturated carbocycles. The molecule has 3 aromatic rings. The summed E-state index contributed by atoms with van der Waals surface area (Å²) in [4.78, 5) is 36.2. The molecule has 2 bridgehead atoms. The molecule has 156 valence electrons. The first-order chi connectivity index (χ1) is 14.6. The van der Waals surface area contributed by atoms with Gasteiger partial charge in [-0.3, -0.25) is 14.5 Å². The van der Waals surface area contributed by atoms with Gasteiger partial charge in [0.05, 0.1) is 6.33 Å². The van der Waals surface area contributed by atoms with E-state index in [0.29, 0.717) is 12.5 Å². The van der Waals surface area contributed by atoms with Crippen LogP contribution < -0.4 is 16.0 Å². The van der Waals surface area contributed by atoms with Crippen LogP contribution in [-0.4, -0.2) is 39.6 Å². The molecule has 7 nitrogen and oxygen atoms in total. The van der Waals surface area contributed by atoms with Gasteiger partial charge in [-0.2, -0.15) is 11.3 Å². The van der Waals surface area contributed by atoms with Gasteiger partial charge in [0.25, 0.3) is 11.1 Å². The Bertz CT molecular complexity index is 1150. The maximum atomic E-state index is 13.2. The molecule has 8 heteroatoms. The number of thiophene rings is 1. The smallest absolute Gasteiger partial charge is 0.255 e. The number of pyridine rings is 1. The van der Waals surface area contributed by atoms with Gasteiger partial charge in [-0.15, -0.1) is 0 Å². The van der Waals surface area contributed by atoms with Crippen molar-refractivity contribution in [2.24, 2.45) is 5.92 Å². The molecule has 0 spiro atoms. The van der Waals surface area contributed by atoms with E-state index >= 15 is 0 Å². The van der Waals surface area contributed by atoms with E-state index in [-0.39, 0.29) is 17.0 Å². The van der Waals surface area contributed by atoms with Crippen LogP contribution in [0.25, 0.3) is 0 Å². The number of H-pyrrole nitrogens is 1. The molecule has 3 aromatic heterocycles. The lowest BCUT2D eigenvalue weighted by Crippen LogP contribution is -2.48. The summed E-state index contributed by atoms with van der Waals surface area (Å²) in [5.74, 6) is 1.38. The zero-order valence-corrected chi connectivity index (χ0v) is 17.8. The molecule has 5 heterocycles. The second-order valence-electron chi connectivity index (χ2n) is 8.48. The minimum absolute atomic E-state index is 0.136. The van der Waals surface area contributed by atoms with Gasteiger partial charge in [0.1, 0.15) is 5.82 Å². The van der Waals surface area contributed by atoms with Crippen molar-refractivity contribution in [2.45, 2.75) is 32.0 Å². The number of piperidine rings is 1. The number of nitrogens with zero attached hydrogens (tertiary/aromatic N) is 4. The monoisotopic (exact) mass is 423 g/mol. The average molecular weight is 424 g/mol. The van der Waals surface area contributed by atoms with Crippen molar-refractivity contribution < 1.29 is 0 Å². The molecule has 0 aliphatic carbocycles. The van der Waals surface area contributed by atoms with Gasteiger partial charge in [0.15, 0.2) is 0 Å². The number of aromatic amines is 1. The van der Waals surface area contributed by atoms with E-state index in [9.17, 15) is 9.59 Å². The average Bonchev–Trinajstić information content (AvgIpc) is 3.23. The van der Waals surface area contributed by atoms with Gasteiger partial charge < -0.3 is 14.5 Å². The summed E-state index contributed by atoms with van der Waals surface area (Å²) < 4.78 is 2.00. The maximum Gasteiger partial charge on any atom is 0.255 e. The highest BCUT2D eigenvalue weighted by Crippen LogP contribution is 2.36. The van der Waals surface area contributed by atoms with Gasteiger partial charge in [-0.25, -0.2) is 4.98 Å².